The van der Waals surface area contributed by atoms with E-state index in [1.807, 2.05) is 85.5 Å². The van der Waals surface area contributed by atoms with E-state index in [-0.39, 0.29) is 36.2 Å². The molecule has 2 aliphatic rings. The fraction of sp³-hybridized carbons (Fsp3) is 0.500. The number of pyridine rings is 1. The van der Waals surface area contributed by atoms with Crippen molar-refractivity contribution in [3.8, 4) is 11.1 Å². The molecule has 2 aromatic carbocycles. The molecule has 3 N–H and O–H groups in total. The minimum atomic E-state index is -4.52. The SMILES string of the molecule is CC.CC.CC.CC.CN1CCN(Cc2ccc(NC(=O)CNc3ccc(-c4ccc(NC(=O)C5CC5)nc4)cc3)cc2C(F)(F)F)CC1. The molecule has 0 radical (unpaired) electrons. The van der Waals surface area contributed by atoms with Crippen LogP contribution in [0.4, 0.5) is 30.4 Å². The molecule has 49 heavy (non-hydrogen) atoms. The summed E-state index contributed by atoms with van der Waals surface area (Å²) >= 11 is 0. The lowest BCUT2D eigenvalue weighted by molar-refractivity contribution is -0.138. The van der Waals surface area contributed by atoms with Gasteiger partial charge in [-0.15, -0.1) is 0 Å². The largest absolute Gasteiger partial charge is 0.416 e. The maximum atomic E-state index is 13.8. The van der Waals surface area contributed by atoms with Gasteiger partial charge in [-0.25, -0.2) is 4.98 Å². The number of hydrogen-bond acceptors (Lipinski definition) is 6. The smallest absolute Gasteiger partial charge is 0.376 e. The highest BCUT2D eigenvalue weighted by molar-refractivity contribution is 5.94. The van der Waals surface area contributed by atoms with Crippen LogP contribution in [0.15, 0.2) is 60.8 Å². The molecule has 8 nitrogen and oxygen atoms in total. The summed E-state index contributed by atoms with van der Waals surface area (Å²) < 4.78 is 41.5. The highest BCUT2D eigenvalue weighted by atomic mass is 19.4. The second kappa shape index (κ2) is 22.6. The van der Waals surface area contributed by atoms with Crippen molar-refractivity contribution >= 4 is 29.0 Å². The van der Waals surface area contributed by atoms with E-state index in [0.29, 0.717) is 24.6 Å². The average molecular weight is 687 g/mol. The highest BCUT2D eigenvalue weighted by Crippen LogP contribution is 2.35. The predicted molar refractivity (Wildman–Crippen MR) is 198 cm³/mol. The molecule has 0 unspecified atom stereocenters. The van der Waals surface area contributed by atoms with Gasteiger partial charge in [-0.3, -0.25) is 14.5 Å². The van der Waals surface area contributed by atoms with E-state index >= 15 is 0 Å². The topological polar surface area (TPSA) is 89.6 Å². The van der Waals surface area contributed by atoms with Crippen molar-refractivity contribution in [2.24, 2.45) is 5.92 Å². The third kappa shape index (κ3) is 14.6. The Bertz CT molecular complexity index is 1370. The summed E-state index contributed by atoms with van der Waals surface area (Å²) in [6.45, 7) is 19.2. The molecular formula is C38H57F3N6O2. The zero-order valence-corrected chi connectivity index (χ0v) is 30.8. The second-order valence-electron chi connectivity index (χ2n) is 10.6. The molecule has 0 bridgehead atoms. The number of carbonyl (C=O) groups excluding carboxylic acids is 2. The maximum absolute atomic E-state index is 13.8. The van der Waals surface area contributed by atoms with Gasteiger partial charge in [0.05, 0.1) is 12.1 Å². The van der Waals surface area contributed by atoms with Gasteiger partial charge in [0.15, 0.2) is 0 Å². The van der Waals surface area contributed by atoms with E-state index < -0.39 is 17.6 Å². The van der Waals surface area contributed by atoms with Crippen LogP contribution >= 0.6 is 0 Å². The fourth-order valence-corrected chi connectivity index (χ4v) is 4.68. The number of benzene rings is 2. The molecule has 0 atom stereocenters. The van der Waals surface area contributed by atoms with Crippen molar-refractivity contribution in [2.45, 2.75) is 81.0 Å². The van der Waals surface area contributed by atoms with Gasteiger partial charge in [0.1, 0.15) is 5.82 Å². The lowest BCUT2D eigenvalue weighted by Crippen LogP contribution is -2.44. The Hall–Kier alpha value is -3.96. The van der Waals surface area contributed by atoms with Gasteiger partial charge >= 0.3 is 6.18 Å². The Morgan fingerprint density at radius 2 is 1.35 bits per heavy atom. The van der Waals surface area contributed by atoms with Crippen LogP contribution in [0.2, 0.25) is 0 Å². The molecule has 1 aromatic heterocycles. The number of anilines is 3. The third-order valence-electron chi connectivity index (χ3n) is 7.32. The van der Waals surface area contributed by atoms with Crippen molar-refractivity contribution in [3.05, 3.63) is 71.9 Å². The number of rotatable bonds is 9. The first-order valence-corrected chi connectivity index (χ1v) is 17.7. The second-order valence-corrected chi connectivity index (χ2v) is 10.6. The number of likely N-dealkylation sites (N-methyl/N-ethyl adjacent to an activating group) is 1. The van der Waals surface area contributed by atoms with Crippen molar-refractivity contribution in [1.82, 2.24) is 14.8 Å². The van der Waals surface area contributed by atoms with E-state index in [9.17, 15) is 22.8 Å². The Labute approximate surface area is 291 Å². The van der Waals surface area contributed by atoms with Gasteiger partial charge in [0, 0.05) is 61.8 Å². The fourth-order valence-electron chi connectivity index (χ4n) is 4.68. The molecule has 3 aromatic rings. The van der Waals surface area contributed by atoms with Gasteiger partial charge in [-0.1, -0.05) is 73.6 Å². The lowest BCUT2D eigenvalue weighted by Gasteiger charge is -2.33. The van der Waals surface area contributed by atoms with Crippen molar-refractivity contribution < 1.29 is 22.8 Å². The Morgan fingerprint density at radius 1 is 0.776 bits per heavy atom. The van der Waals surface area contributed by atoms with Crippen molar-refractivity contribution in [1.29, 1.82) is 0 Å². The molecule has 2 fully saturated rings. The first-order valence-electron chi connectivity index (χ1n) is 17.7. The summed E-state index contributed by atoms with van der Waals surface area (Å²) in [4.78, 5) is 32.9. The number of nitrogens with zero attached hydrogens (tertiary/aromatic N) is 3. The van der Waals surface area contributed by atoms with Gasteiger partial charge in [0.2, 0.25) is 11.8 Å². The van der Waals surface area contributed by atoms with Crippen LogP contribution in [0.3, 0.4) is 0 Å². The monoisotopic (exact) mass is 686 g/mol. The Morgan fingerprint density at radius 3 is 1.88 bits per heavy atom. The first-order chi connectivity index (χ1) is 23.6. The highest BCUT2D eigenvalue weighted by Gasteiger charge is 2.34. The van der Waals surface area contributed by atoms with E-state index in [1.54, 1.807) is 24.4 Å². The van der Waals surface area contributed by atoms with Gasteiger partial charge in [0.25, 0.3) is 0 Å². The lowest BCUT2D eigenvalue weighted by atomic mass is 10.0. The standard InChI is InChI=1S/C30H33F3N6O2.4C2H6/c1-38-12-14-39(15-13-38)19-23-6-10-25(16-26(23)30(31,32)33)36-28(40)18-34-24-8-4-20(5-9-24)22-7-11-27(35-17-22)37-29(41)21-2-3-21;4*1-2/h4-11,16-17,21,34H,2-3,12-15,18-19H2,1H3,(H,36,40)(H,35,37,41);4*1-2H3. The summed E-state index contributed by atoms with van der Waals surface area (Å²) in [7, 11) is 2.00. The van der Waals surface area contributed by atoms with E-state index in [2.05, 4.69) is 25.8 Å². The van der Waals surface area contributed by atoms with E-state index in [1.165, 1.54) is 12.1 Å². The van der Waals surface area contributed by atoms with Gasteiger partial charge in [-0.2, -0.15) is 13.2 Å². The van der Waals surface area contributed by atoms with Crippen LogP contribution in [0.5, 0.6) is 0 Å². The molecular weight excluding hydrogens is 629 g/mol. The zero-order valence-electron chi connectivity index (χ0n) is 30.8. The van der Waals surface area contributed by atoms with Crippen molar-refractivity contribution in [3.63, 3.8) is 0 Å². The molecule has 1 aliphatic carbocycles. The van der Waals surface area contributed by atoms with Crippen LogP contribution in [0, 0.1) is 5.92 Å². The van der Waals surface area contributed by atoms with Crippen LogP contribution in [0.25, 0.3) is 11.1 Å². The molecule has 2 amide bonds. The molecule has 0 spiro atoms. The van der Waals surface area contributed by atoms with Gasteiger partial charge in [-0.05, 0) is 67.4 Å². The van der Waals surface area contributed by atoms with Crippen LogP contribution in [-0.2, 0) is 22.3 Å². The number of piperazine rings is 1. The number of amides is 2. The molecule has 2 heterocycles. The van der Waals surface area contributed by atoms with E-state index in [0.717, 1.165) is 43.1 Å². The first kappa shape index (κ1) is 43.1. The van der Waals surface area contributed by atoms with Crippen LogP contribution < -0.4 is 16.0 Å². The summed E-state index contributed by atoms with van der Waals surface area (Å²) in [5, 5.41) is 8.37. The normalized spacial score (nSPS) is 14.1. The molecule has 1 aliphatic heterocycles. The number of halogens is 3. The molecule has 272 valence electrons. The molecule has 11 heteroatoms. The van der Waals surface area contributed by atoms with Crippen LogP contribution in [0.1, 0.15) is 79.4 Å². The maximum Gasteiger partial charge on any atom is 0.416 e. The zero-order chi connectivity index (χ0) is 37.0. The summed E-state index contributed by atoms with van der Waals surface area (Å²) in [6, 6.07) is 15.0. The minimum absolute atomic E-state index is 0.00346. The Kier molecular flexibility index (Phi) is 19.9. The quantitative estimate of drug-likeness (QED) is 0.208. The van der Waals surface area contributed by atoms with Gasteiger partial charge < -0.3 is 20.9 Å². The number of carbonyl (C=O) groups is 2. The van der Waals surface area contributed by atoms with Crippen molar-refractivity contribution in [2.75, 3.05) is 55.7 Å². The third-order valence-corrected chi connectivity index (χ3v) is 7.32. The number of nitrogens with one attached hydrogen (secondary N) is 3. The summed E-state index contributed by atoms with van der Waals surface area (Å²) in [6.07, 6.45) is -0.988. The molecule has 5 rings (SSSR count). The molecule has 1 saturated heterocycles. The number of aromatic nitrogens is 1. The number of hydrogen-bond donors (Lipinski definition) is 3. The average Bonchev–Trinajstić information content (AvgIpc) is 3.99. The van der Waals surface area contributed by atoms with E-state index in [4.69, 9.17) is 0 Å². The summed E-state index contributed by atoms with van der Waals surface area (Å²) in [5.41, 5.74) is 2.03. The Balaban J connectivity index is 0.00000140. The minimum Gasteiger partial charge on any atom is -0.376 e. The molecule has 1 saturated carbocycles. The number of alkyl halides is 3. The van der Waals surface area contributed by atoms with Crippen LogP contribution in [-0.4, -0.2) is 66.4 Å². The predicted octanol–water partition coefficient (Wildman–Crippen LogP) is 9.02. The summed E-state index contributed by atoms with van der Waals surface area (Å²) in [5.74, 6) is 0.168.